The van der Waals surface area contributed by atoms with Crippen molar-refractivity contribution in [1.82, 2.24) is 4.72 Å². The summed E-state index contributed by atoms with van der Waals surface area (Å²) < 4.78 is 61.4. The molecule has 0 atom stereocenters. The molecule has 0 fully saturated rings. The highest BCUT2D eigenvalue weighted by atomic mass is 35.5. The lowest BCUT2D eigenvalue weighted by Crippen LogP contribution is -2.32. The Balaban J connectivity index is 2.87. The topological polar surface area (TPSA) is 63.2 Å². The molecule has 1 rings (SSSR count). The van der Waals surface area contributed by atoms with Gasteiger partial charge in [-0.1, -0.05) is 18.2 Å². The van der Waals surface area contributed by atoms with Gasteiger partial charge in [0.2, 0.25) is 10.0 Å². The molecule has 0 saturated carbocycles. The van der Waals surface area contributed by atoms with Crippen molar-refractivity contribution in [2.45, 2.75) is 6.18 Å². The van der Waals surface area contributed by atoms with Crippen LogP contribution < -0.4 is 4.72 Å². The number of carbonyl (C=O) groups excluding carboxylic acids is 1. The molecule has 0 aliphatic carbocycles. The maximum absolute atomic E-state index is 12.3. The summed E-state index contributed by atoms with van der Waals surface area (Å²) in [4.78, 5) is 11.6. The van der Waals surface area contributed by atoms with Gasteiger partial charge in [-0.25, -0.2) is 13.1 Å². The van der Waals surface area contributed by atoms with Gasteiger partial charge < -0.3 is 0 Å². The number of amides is 1. The van der Waals surface area contributed by atoms with Gasteiger partial charge in [-0.2, -0.15) is 13.2 Å². The van der Waals surface area contributed by atoms with E-state index in [1.54, 1.807) is 4.72 Å². The molecule has 0 unspecified atom stereocenters. The lowest BCUT2D eigenvalue weighted by Gasteiger charge is -2.08. The van der Waals surface area contributed by atoms with Crippen LogP contribution in [0.25, 0.3) is 0 Å². The fourth-order valence-electron chi connectivity index (χ4n) is 1.25. The van der Waals surface area contributed by atoms with E-state index in [2.05, 4.69) is 6.58 Å². The van der Waals surface area contributed by atoms with Crippen LogP contribution in [0.2, 0.25) is 0 Å². The standard InChI is InChI=1S/C11H9ClF3NO3S/c1-7(12)6-20(18,19)16-10(17)8-2-4-9(5-3-8)11(13,14)15/h2-5H,1,6H2,(H,16,17). The van der Waals surface area contributed by atoms with Crippen molar-refractivity contribution in [3.8, 4) is 0 Å². The Kier molecular flexibility index (Phi) is 4.82. The minimum atomic E-state index is -4.53. The monoisotopic (exact) mass is 327 g/mol. The number of halogens is 4. The molecule has 0 bridgehead atoms. The van der Waals surface area contributed by atoms with Crippen LogP contribution in [0.1, 0.15) is 15.9 Å². The second-order valence-corrected chi connectivity index (χ2v) is 6.04. The number of benzene rings is 1. The lowest BCUT2D eigenvalue weighted by molar-refractivity contribution is -0.137. The first kappa shape index (κ1) is 16.5. The Morgan fingerprint density at radius 1 is 1.25 bits per heavy atom. The Labute approximate surface area is 118 Å². The summed E-state index contributed by atoms with van der Waals surface area (Å²) in [5, 5.41) is -0.197. The number of nitrogens with one attached hydrogen (secondary N) is 1. The van der Waals surface area contributed by atoms with Gasteiger partial charge in [-0.3, -0.25) is 4.79 Å². The lowest BCUT2D eigenvalue weighted by atomic mass is 10.1. The van der Waals surface area contributed by atoms with Crippen LogP contribution in [0.4, 0.5) is 13.2 Å². The van der Waals surface area contributed by atoms with E-state index in [0.717, 1.165) is 12.1 Å². The van der Waals surface area contributed by atoms with Gasteiger partial charge in [-0.15, -0.1) is 0 Å². The summed E-state index contributed by atoms with van der Waals surface area (Å²) in [6.45, 7) is 3.17. The minimum absolute atomic E-state index is 0.197. The second kappa shape index (κ2) is 5.84. The normalized spacial score (nSPS) is 12.0. The third-order valence-electron chi connectivity index (χ3n) is 2.07. The molecule has 0 saturated heterocycles. The van der Waals surface area contributed by atoms with Crippen molar-refractivity contribution in [3.63, 3.8) is 0 Å². The zero-order chi connectivity index (χ0) is 15.6. The molecular formula is C11H9ClF3NO3S. The predicted molar refractivity (Wildman–Crippen MR) is 67.7 cm³/mol. The van der Waals surface area contributed by atoms with Crippen LogP contribution in [0.5, 0.6) is 0 Å². The largest absolute Gasteiger partial charge is 0.416 e. The van der Waals surface area contributed by atoms with Crippen LogP contribution in [0, 0.1) is 0 Å². The fourth-order valence-corrected chi connectivity index (χ4v) is 2.57. The maximum atomic E-state index is 12.3. The highest BCUT2D eigenvalue weighted by Gasteiger charge is 2.30. The van der Waals surface area contributed by atoms with Crippen LogP contribution in [0.15, 0.2) is 35.9 Å². The van der Waals surface area contributed by atoms with Crippen molar-refractivity contribution in [3.05, 3.63) is 47.0 Å². The molecule has 1 aromatic carbocycles. The van der Waals surface area contributed by atoms with Crippen molar-refractivity contribution in [2.75, 3.05) is 5.75 Å². The van der Waals surface area contributed by atoms with E-state index >= 15 is 0 Å². The molecule has 9 heteroatoms. The highest BCUT2D eigenvalue weighted by molar-refractivity contribution is 7.90. The molecule has 4 nitrogen and oxygen atoms in total. The van der Waals surface area contributed by atoms with E-state index in [9.17, 15) is 26.4 Å². The molecular weight excluding hydrogens is 319 g/mol. The number of rotatable bonds is 4. The van der Waals surface area contributed by atoms with Gasteiger partial charge in [0.15, 0.2) is 0 Å². The van der Waals surface area contributed by atoms with Crippen LogP contribution in [0.3, 0.4) is 0 Å². The molecule has 0 spiro atoms. The summed E-state index contributed by atoms with van der Waals surface area (Å²) in [6.07, 6.45) is -4.53. The minimum Gasteiger partial charge on any atom is -0.268 e. The van der Waals surface area contributed by atoms with E-state index in [1.165, 1.54) is 0 Å². The molecule has 20 heavy (non-hydrogen) atoms. The van der Waals surface area contributed by atoms with Crippen LogP contribution >= 0.6 is 11.6 Å². The molecule has 1 amide bonds. The molecule has 0 radical (unpaired) electrons. The number of carbonyl (C=O) groups is 1. The van der Waals surface area contributed by atoms with Gasteiger partial charge in [-0.05, 0) is 24.3 Å². The van der Waals surface area contributed by atoms with E-state index in [1.807, 2.05) is 0 Å². The van der Waals surface area contributed by atoms with Crippen molar-refractivity contribution in [1.29, 1.82) is 0 Å². The van der Waals surface area contributed by atoms with Gasteiger partial charge in [0.1, 0.15) is 5.75 Å². The maximum Gasteiger partial charge on any atom is 0.416 e. The van der Waals surface area contributed by atoms with E-state index in [-0.39, 0.29) is 10.6 Å². The zero-order valence-electron chi connectivity index (χ0n) is 9.87. The van der Waals surface area contributed by atoms with E-state index in [0.29, 0.717) is 12.1 Å². The van der Waals surface area contributed by atoms with Gasteiger partial charge in [0, 0.05) is 10.6 Å². The van der Waals surface area contributed by atoms with Crippen molar-refractivity contribution >= 4 is 27.5 Å². The first-order valence-electron chi connectivity index (χ1n) is 5.06. The SMILES string of the molecule is C=C(Cl)CS(=O)(=O)NC(=O)c1ccc(C(F)(F)F)cc1. The zero-order valence-corrected chi connectivity index (χ0v) is 11.4. The van der Waals surface area contributed by atoms with Crippen molar-refractivity contribution < 1.29 is 26.4 Å². The molecule has 0 aliphatic heterocycles. The number of sulfonamides is 1. The Bertz CT molecular complexity index is 623. The molecule has 0 aromatic heterocycles. The average Bonchev–Trinajstić information content (AvgIpc) is 2.25. The Morgan fingerprint density at radius 3 is 2.15 bits per heavy atom. The number of alkyl halides is 3. The van der Waals surface area contributed by atoms with Gasteiger partial charge >= 0.3 is 6.18 Å². The van der Waals surface area contributed by atoms with Crippen LogP contribution in [-0.4, -0.2) is 20.1 Å². The highest BCUT2D eigenvalue weighted by Crippen LogP contribution is 2.29. The Hall–Kier alpha value is -1.54. The molecule has 0 aliphatic rings. The van der Waals surface area contributed by atoms with Gasteiger partial charge in [0.25, 0.3) is 5.91 Å². The summed E-state index contributed by atoms with van der Waals surface area (Å²) in [7, 11) is -4.02. The van der Waals surface area contributed by atoms with Crippen molar-refractivity contribution in [2.24, 2.45) is 0 Å². The molecule has 0 heterocycles. The molecule has 110 valence electrons. The third kappa shape index (κ3) is 4.86. The second-order valence-electron chi connectivity index (χ2n) is 3.78. The van der Waals surface area contributed by atoms with E-state index in [4.69, 9.17) is 11.6 Å². The Morgan fingerprint density at radius 2 is 1.75 bits per heavy atom. The average molecular weight is 328 g/mol. The summed E-state index contributed by atoms with van der Waals surface area (Å²) >= 11 is 5.31. The quantitative estimate of drug-likeness (QED) is 0.924. The van der Waals surface area contributed by atoms with Crippen LogP contribution in [-0.2, 0) is 16.2 Å². The summed E-state index contributed by atoms with van der Waals surface area (Å²) in [5.41, 5.74) is -1.16. The number of hydrogen-bond donors (Lipinski definition) is 1. The third-order valence-corrected chi connectivity index (χ3v) is 3.59. The molecule has 1 N–H and O–H groups in total. The molecule has 1 aromatic rings. The smallest absolute Gasteiger partial charge is 0.268 e. The van der Waals surface area contributed by atoms with E-state index < -0.39 is 33.4 Å². The number of hydrogen-bond acceptors (Lipinski definition) is 3. The first-order chi connectivity index (χ1) is 9.01. The first-order valence-corrected chi connectivity index (χ1v) is 7.09. The summed E-state index contributed by atoms with van der Waals surface area (Å²) in [6, 6.07) is 3.12. The predicted octanol–water partition coefficient (Wildman–Crippen LogP) is 2.52. The van der Waals surface area contributed by atoms with Gasteiger partial charge in [0.05, 0.1) is 5.56 Å². The fraction of sp³-hybridized carbons (Fsp3) is 0.182. The summed E-state index contributed by atoms with van der Waals surface area (Å²) in [5.74, 6) is -1.71.